The molecule has 0 rings (SSSR count). The van der Waals surface area contributed by atoms with Gasteiger partial charge in [-0.1, -0.05) is 44.7 Å². The molecule has 0 saturated heterocycles. The molecular formula is C6H12OS2. The van der Waals surface area contributed by atoms with Crippen LogP contribution in [0.25, 0.3) is 0 Å². The first-order chi connectivity index (χ1) is 4.16. The predicted molar refractivity (Wildman–Crippen MR) is 46.3 cm³/mol. The molecule has 1 unspecified atom stereocenters. The Morgan fingerprint density at radius 1 is 1.78 bits per heavy atom. The number of thiol groups is 1. The fourth-order valence-electron chi connectivity index (χ4n) is 0.331. The van der Waals surface area contributed by atoms with Gasteiger partial charge in [0.1, 0.15) is 0 Å². The lowest BCUT2D eigenvalue weighted by Gasteiger charge is -2.03. The van der Waals surface area contributed by atoms with Gasteiger partial charge in [-0.25, -0.2) is 0 Å². The number of rotatable bonds is 3. The third kappa shape index (κ3) is 6.25. The number of carbonyl (C=O) groups excluding carboxylic acids is 1. The molecular weight excluding hydrogens is 152 g/mol. The normalized spacial score (nSPS) is 13.2. The Balaban J connectivity index is 3.16. The third-order valence-corrected chi connectivity index (χ3v) is 2.56. The van der Waals surface area contributed by atoms with Crippen LogP contribution < -0.4 is 0 Å². The van der Waals surface area contributed by atoms with Crippen LogP contribution >= 0.6 is 24.4 Å². The van der Waals surface area contributed by atoms with E-state index in [1.54, 1.807) is 0 Å². The quantitative estimate of drug-likeness (QED) is 0.646. The van der Waals surface area contributed by atoms with Crippen LogP contribution in [0.1, 0.15) is 20.3 Å². The zero-order chi connectivity index (χ0) is 7.28. The molecule has 0 fully saturated rings. The van der Waals surface area contributed by atoms with Crippen molar-refractivity contribution < 1.29 is 4.79 Å². The number of carbonyl (C=O) groups is 1. The van der Waals surface area contributed by atoms with Crippen molar-refractivity contribution >= 4 is 28.8 Å². The lowest BCUT2D eigenvalue weighted by atomic mass is 10.2. The van der Waals surface area contributed by atoms with Gasteiger partial charge in [-0.05, 0) is 5.92 Å². The summed E-state index contributed by atoms with van der Waals surface area (Å²) in [5.41, 5.74) is 0. The molecule has 3 heteroatoms. The molecule has 9 heavy (non-hydrogen) atoms. The summed E-state index contributed by atoms with van der Waals surface area (Å²) in [4.78, 5) is 10.3. The summed E-state index contributed by atoms with van der Waals surface area (Å²) in [7, 11) is 0. The SMILES string of the molecule is CCC(C)CSC(=O)S. The molecule has 0 amide bonds. The Bertz CT molecular complexity index is 93.1. The van der Waals surface area contributed by atoms with Crippen molar-refractivity contribution in [2.45, 2.75) is 20.3 Å². The molecule has 0 radical (unpaired) electrons. The standard InChI is InChI=1S/C6H12OS2/c1-3-5(2)4-9-6(7)8/h5H,3-4H2,1-2H3,(H,7,8). The summed E-state index contributed by atoms with van der Waals surface area (Å²) in [6.07, 6.45) is 1.13. The Labute approximate surface area is 66.0 Å². The lowest BCUT2D eigenvalue weighted by molar-refractivity contribution is 0.277. The maximum absolute atomic E-state index is 10.3. The van der Waals surface area contributed by atoms with E-state index in [-0.39, 0.29) is 4.45 Å². The summed E-state index contributed by atoms with van der Waals surface area (Å²) >= 11 is 4.92. The van der Waals surface area contributed by atoms with E-state index in [1.807, 2.05) is 0 Å². The summed E-state index contributed by atoms with van der Waals surface area (Å²) < 4.78 is -0.0738. The van der Waals surface area contributed by atoms with Gasteiger partial charge in [-0.2, -0.15) is 0 Å². The molecule has 0 aromatic heterocycles. The van der Waals surface area contributed by atoms with Crippen LogP contribution in [0.5, 0.6) is 0 Å². The fourth-order valence-corrected chi connectivity index (χ4v) is 1.22. The first-order valence-corrected chi connectivity index (χ1v) is 4.45. The predicted octanol–water partition coefficient (Wildman–Crippen LogP) is 2.82. The van der Waals surface area contributed by atoms with Gasteiger partial charge < -0.3 is 0 Å². The van der Waals surface area contributed by atoms with Crippen molar-refractivity contribution in [2.75, 3.05) is 5.75 Å². The highest BCUT2D eigenvalue weighted by molar-refractivity contribution is 8.32. The molecule has 0 N–H and O–H groups in total. The minimum Gasteiger partial charge on any atom is -0.275 e. The second-order valence-electron chi connectivity index (χ2n) is 2.09. The van der Waals surface area contributed by atoms with E-state index in [0.29, 0.717) is 5.92 Å². The van der Waals surface area contributed by atoms with Crippen LogP contribution in [0.2, 0.25) is 0 Å². The van der Waals surface area contributed by atoms with Crippen molar-refractivity contribution in [3.63, 3.8) is 0 Å². The zero-order valence-corrected chi connectivity index (χ0v) is 7.47. The van der Waals surface area contributed by atoms with E-state index in [2.05, 4.69) is 26.5 Å². The van der Waals surface area contributed by atoms with Gasteiger partial charge in [0.15, 0.2) is 0 Å². The molecule has 0 saturated carbocycles. The van der Waals surface area contributed by atoms with Crippen molar-refractivity contribution in [3.8, 4) is 0 Å². The Kier molecular flexibility index (Phi) is 5.39. The second kappa shape index (κ2) is 5.18. The van der Waals surface area contributed by atoms with Gasteiger partial charge in [0.05, 0.1) is 0 Å². The van der Waals surface area contributed by atoms with Crippen LogP contribution in [0.3, 0.4) is 0 Å². The van der Waals surface area contributed by atoms with Crippen LogP contribution in [0.4, 0.5) is 4.79 Å². The van der Waals surface area contributed by atoms with Crippen molar-refractivity contribution in [1.82, 2.24) is 0 Å². The number of hydrogen-bond acceptors (Lipinski definition) is 2. The molecule has 0 aliphatic rings. The van der Waals surface area contributed by atoms with Gasteiger partial charge in [-0.15, -0.1) is 0 Å². The molecule has 1 atom stereocenters. The van der Waals surface area contributed by atoms with E-state index in [4.69, 9.17) is 0 Å². The highest BCUT2D eigenvalue weighted by Crippen LogP contribution is 2.13. The Morgan fingerprint density at radius 2 is 2.33 bits per heavy atom. The highest BCUT2D eigenvalue weighted by Gasteiger charge is 2.00. The average molecular weight is 164 g/mol. The number of hydrogen-bond donors (Lipinski definition) is 1. The first kappa shape index (κ1) is 9.37. The van der Waals surface area contributed by atoms with E-state index < -0.39 is 0 Å². The smallest absolute Gasteiger partial charge is 0.243 e. The van der Waals surface area contributed by atoms with Gasteiger partial charge >= 0.3 is 0 Å². The van der Waals surface area contributed by atoms with Crippen LogP contribution in [-0.4, -0.2) is 10.2 Å². The number of thioether (sulfide) groups is 1. The van der Waals surface area contributed by atoms with Gasteiger partial charge in [0.2, 0.25) is 4.45 Å². The van der Waals surface area contributed by atoms with E-state index in [1.165, 1.54) is 11.8 Å². The van der Waals surface area contributed by atoms with Crippen LogP contribution in [0, 0.1) is 5.92 Å². The van der Waals surface area contributed by atoms with E-state index >= 15 is 0 Å². The molecule has 54 valence electrons. The topological polar surface area (TPSA) is 17.1 Å². The summed E-state index contributed by atoms with van der Waals surface area (Å²) in [5, 5.41) is 0. The second-order valence-corrected chi connectivity index (χ2v) is 3.79. The first-order valence-electron chi connectivity index (χ1n) is 3.02. The van der Waals surface area contributed by atoms with E-state index in [9.17, 15) is 4.79 Å². The Hall–Kier alpha value is 0.370. The highest BCUT2D eigenvalue weighted by atomic mass is 32.2. The molecule has 0 aliphatic heterocycles. The van der Waals surface area contributed by atoms with Crippen molar-refractivity contribution in [1.29, 1.82) is 0 Å². The van der Waals surface area contributed by atoms with Gasteiger partial charge in [0.25, 0.3) is 0 Å². The van der Waals surface area contributed by atoms with Gasteiger partial charge in [-0.3, -0.25) is 4.79 Å². The monoisotopic (exact) mass is 164 g/mol. The van der Waals surface area contributed by atoms with Crippen molar-refractivity contribution in [2.24, 2.45) is 5.92 Å². The molecule has 0 aromatic rings. The maximum Gasteiger partial charge on any atom is 0.243 e. The largest absolute Gasteiger partial charge is 0.275 e. The molecule has 0 bridgehead atoms. The molecule has 0 heterocycles. The van der Waals surface area contributed by atoms with Gasteiger partial charge in [0, 0.05) is 5.75 Å². The zero-order valence-electron chi connectivity index (χ0n) is 5.76. The van der Waals surface area contributed by atoms with Crippen LogP contribution in [0.15, 0.2) is 0 Å². The fraction of sp³-hybridized carbons (Fsp3) is 0.833. The molecule has 0 aromatic carbocycles. The minimum atomic E-state index is -0.0738. The maximum atomic E-state index is 10.3. The molecule has 1 nitrogen and oxygen atoms in total. The third-order valence-electron chi connectivity index (χ3n) is 1.19. The summed E-state index contributed by atoms with van der Waals surface area (Å²) in [6.45, 7) is 4.25. The Morgan fingerprint density at radius 3 is 2.67 bits per heavy atom. The average Bonchev–Trinajstić information content (AvgIpc) is 1.83. The molecule has 0 aliphatic carbocycles. The van der Waals surface area contributed by atoms with Crippen molar-refractivity contribution in [3.05, 3.63) is 0 Å². The van der Waals surface area contributed by atoms with Crippen LogP contribution in [-0.2, 0) is 0 Å². The molecule has 0 spiro atoms. The lowest BCUT2D eigenvalue weighted by Crippen LogP contribution is -1.95. The summed E-state index contributed by atoms with van der Waals surface area (Å²) in [6, 6.07) is 0. The summed E-state index contributed by atoms with van der Waals surface area (Å²) in [5.74, 6) is 1.53. The minimum absolute atomic E-state index is 0.0738. The van der Waals surface area contributed by atoms with E-state index in [0.717, 1.165) is 12.2 Å².